The number of rotatable bonds is 9. The summed E-state index contributed by atoms with van der Waals surface area (Å²) in [6.07, 6.45) is 1.60. The largest absolute Gasteiger partial charge is 0.487 e. The molecular formula is C35H34Cl3N3O3. The van der Waals surface area contributed by atoms with Crippen LogP contribution in [-0.4, -0.2) is 46.9 Å². The number of carbonyl (C=O) groups is 1. The van der Waals surface area contributed by atoms with E-state index in [1.54, 1.807) is 18.3 Å². The van der Waals surface area contributed by atoms with Gasteiger partial charge in [0.15, 0.2) is 5.75 Å². The number of hydrogen-bond acceptors (Lipinski definition) is 5. The predicted octanol–water partition coefficient (Wildman–Crippen LogP) is 8.86. The lowest BCUT2D eigenvalue weighted by molar-refractivity contribution is -0.128. The molecule has 1 amide bonds. The molecule has 0 atom stereocenters. The molecule has 0 N–H and O–H groups in total. The molecule has 0 spiro atoms. The summed E-state index contributed by atoms with van der Waals surface area (Å²) in [5.74, 6) is 1.55. The number of hydrogen-bond donors (Lipinski definition) is 0. The molecule has 1 aliphatic rings. The highest BCUT2D eigenvalue weighted by Gasteiger charge is 2.23. The summed E-state index contributed by atoms with van der Waals surface area (Å²) in [4.78, 5) is 22.1. The maximum Gasteiger partial charge on any atom is 0.249 e. The Morgan fingerprint density at radius 2 is 1.61 bits per heavy atom. The lowest BCUT2D eigenvalue weighted by atomic mass is 9.99. The van der Waals surface area contributed by atoms with Crippen molar-refractivity contribution in [2.45, 2.75) is 33.9 Å². The van der Waals surface area contributed by atoms with Gasteiger partial charge in [-0.2, -0.15) is 0 Å². The molecule has 0 unspecified atom stereocenters. The van der Waals surface area contributed by atoms with Crippen LogP contribution in [-0.2, 0) is 17.9 Å². The van der Waals surface area contributed by atoms with Gasteiger partial charge in [-0.25, -0.2) is 4.98 Å². The van der Waals surface area contributed by atoms with Crippen molar-refractivity contribution in [1.29, 1.82) is 0 Å². The van der Waals surface area contributed by atoms with Crippen molar-refractivity contribution in [3.05, 3.63) is 122 Å². The standard InChI is InChI=1S/C35H34Cl3N3O3/c1-23-18-28(24(2)25(3)35(42)41-16-14-40(15-17-41)21-26-8-10-29(36)11-9-26)19-32(38)34(23)44-33-13-12-30(20-39-33)43-22-27-6-4-5-7-31(27)37/h4-13,18-20H,14-17,21-22H2,1-3H3/b25-24-. The fourth-order valence-electron chi connectivity index (χ4n) is 5.04. The van der Waals surface area contributed by atoms with Crippen LogP contribution < -0.4 is 9.47 Å². The third-order valence-electron chi connectivity index (χ3n) is 7.79. The molecule has 0 saturated carbocycles. The maximum atomic E-state index is 13.4. The number of ether oxygens (including phenoxy) is 2. The van der Waals surface area contributed by atoms with Gasteiger partial charge in [-0.3, -0.25) is 9.69 Å². The highest BCUT2D eigenvalue weighted by Crippen LogP contribution is 2.36. The monoisotopic (exact) mass is 649 g/mol. The first-order valence-corrected chi connectivity index (χ1v) is 15.6. The first-order valence-electron chi connectivity index (χ1n) is 14.4. The van der Waals surface area contributed by atoms with E-state index in [1.807, 2.05) is 86.3 Å². The van der Waals surface area contributed by atoms with Gasteiger partial charge in [-0.15, -0.1) is 0 Å². The number of nitrogens with zero attached hydrogens (tertiary/aromatic N) is 3. The Labute approximate surface area is 273 Å². The Bertz CT molecular complexity index is 1630. The van der Waals surface area contributed by atoms with Crippen LogP contribution in [0.3, 0.4) is 0 Å². The van der Waals surface area contributed by atoms with Gasteiger partial charge in [0.2, 0.25) is 11.8 Å². The van der Waals surface area contributed by atoms with Gasteiger partial charge in [0, 0.05) is 60.0 Å². The summed E-state index contributed by atoms with van der Waals surface area (Å²) in [5, 5.41) is 1.83. The summed E-state index contributed by atoms with van der Waals surface area (Å²) in [5.41, 5.74) is 5.41. The van der Waals surface area contributed by atoms with E-state index in [0.717, 1.165) is 46.9 Å². The normalized spacial score (nSPS) is 14.3. The van der Waals surface area contributed by atoms with Gasteiger partial charge < -0.3 is 14.4 Å². The molecule has 6 nitrogen and oxygen atoms in total. The Morgan fingerprint density at radius 3 is 2.27 bits per heavy atom. The number of allylic oxidation sites excluding steroid dienone is 1. The Hall–Kier alpha value is -3.55. The predicted molar refractivity (Wildman–Crippen MR) is 178 cm³/mol. The summed E-state index contributed by atoms with van der Waals surface area (Å²) >= 11 is 18.9. The lowest BCUT2D eigenvalue weighted by Gasteiger charge is -2.35. The average molecular weight is 651 g/mol. The van der Waals surface area contributed by atoms with Crippen molar-refractivity contribution in [2.75, 3.05) is 26.2 Å². The molecule has 228 valence electrons. The fraction of sp³-hybridized carbons (Fsp3) is 0.257. The van der Waals surface area contributed by atoms with Crippen LogP contribution in [0.15, 0.2) is 84.6 Å². The lowest BCUT2D eigenvalue weighted by Crippen LogP contribution is -2.48. The molecule has 44 heavy (non-hydrogen) atoms. The molecule has 0 bridgehead atoms. The first-order chi connectivity index (χ1) is 21.2. The second-order valence-corrected chi connectivity index (χ2v) is 12.1. The number of pyridine rings is 1. The molecule has 3 aromatic carbocycles. The first kappa shape index (κ1) is 31.9. The minimum absolute atomic E-state index is 0.0452. The van der Waals surface area contributed by atoms with Crippen LogP contribution >= 0.6 is 34.8 Å². The van der Waals surface area contributed by atoms with Crippen molar-refractivity contribution < 1.29 is 14.3 Å². The number of carbonyl (C=O) groups excluding carboxylic acids is 1. The van der Waals surface area contributed by atoms with E-state index in [1.165, 1.54) is 5.56 Å². The minimum Gasteiger partial charge on any atom is -0.487 e. The SMILES string of the molecule is C/C(C(=O)N1CCN(Cc2ccc(Cl)cc2)CC1)=C(\C)c1cc(C)c(Oc2ccc(OCc3ccccc3Cl)cn2)c(Cl)c1. The number of halogens is 3. The van der Waals surface area contributed by atoms with Crippen molar-refractivity contribution in [2.24, 2.45) is 0 Å². The molecule has 9 heteroatoms. The highest BCUT2D eigenvalue weighted by molar-refractivity contribution is 6.32. The molecule has 5 rings (SSSR count). The molecular weight excluding hydrogens is 617 g/mol. The Kier molecular flexibility index (Phi) is 10.5. The van der Waals surface area contributed by atoms with E-state index >= 15 is 0 Å². The molecule has 1 aliphatic heterocycles. The quantitative estimate of drug-likeness (QED) is 0.169. The molecule has 4 aromatic rings. The van der Waals surface area contributed by atoms with Crippen molar-refractivity contribution in [3.8, 4) is 17.4 Å². The van der Waals surface area contributed by atoms with Crippen LogP contribution in [0.5, 0.6) is 17.4 Å². The van der Waals surface area contributed by atoms with Gasteiger partial charge >= 0.3 is 0 Å². The van der Waals surface area contributed by atoms with Crippen LogP contribution in [0.2, 0.25) is 15.1 Å². The zero-order valence-electron chi connectivity index (χ0n) is 24.9. The summed E-state index contributed by atoms with van der Waals surface area (Å²) < 4.78 is 11.9. The molecule has 0 radical (unpaired) electrons. The van der Waals surface area contributed by atoms with Gasteiger partial charge in [0.05, 0.1) is 11.2 Å². The summed E-state index contributed by atoms with van der Waals surface area (Å²) in [6, 6.07) is 22.8. The van der Waals surface area contributed by atoms with Crippen molar-refractivity contribution in [1.82, 2.24) is 14.8 Å². The summed E-state index contributed by atoms with van der Waals surface area (Å²) in [7, 11) is 0. The van der Waals surface area contributed by atoms with E-state index in [9.17, 15) is 4.79 Å². The zero-order valence-corrected chi connectivity index (χ0v) is 27.2. The second-order valence-electron chi connectivity index (χ2n) is 10.9. The Morgan fingerprint density at radius 1 is 0.886 bits per heavy atom. The van der Waals surface area contributed by atoms with Crippen LogP contribution in [0.1, 0.15) is 36.1 Å². The maximum absolute atomic E-state index is 13.4. The van der Waals surface area contributed by atoms with Crippen LogP contribution in [0, 0.1) is 6.92 Å². The van der Waals surface area contributed by atoms with E-state index in [-0.39, 0.29) is 5.91 Å². The molecule has 0 aliphatic carbocycles. The Balaban J connectivity index is 1.19. The molecule has 1 fully saturated rings. The second kappa shape index (κ2) is 14.5. The van der Waals surface area contributed by atoms with E-state index < -0.39 is 0 Å². The smallest absolute Gasteiger partial charge is 0.249 e. The number of amides is 1. The van der Waals surface area contributed by atoms with Gasteiger partial charge in [-0.05, 0) is 79.4 Å². The zero-order chi connectivity index (χ0) is 31.2. The number of aryl methyl sites for hydroxylation is 1. The molecule has 1 saturated heterocycles. The average Bonchev–Trinajstić information content (AvgIpc) is 3.03. The molecule has 1 aromatic heterocycles. The molecule has 2 heterocycles. The highest BCUT2D eigenvalue weighted by atomic mass is 35.5. The third-order valence-corrected chi connectivity index (χ3v) is 8.69. The summed E-state index contributed by atoms with van der Waals surface area (Å²) in [6.45, 7) is 9.94. The topological polar surface area (TPSA) is 54.9 Å². The van der Waals surface area contributed by atoms with E-state index in [4.69, 9.17) is 44.3 Å². The van der Waals surface area contributed by atoms with E-state index in [0.29, 0.717) is 52.7 Å². The van der Waals surface area contributed by atoms with Crippen molar-refractivity contribution in [3.63, 3.8) is 0 Å². The minimum atomic E-state index is 0.0452. The van der Waals surface area contributed by atoms with E-state index in [2.05, 4.69) is 9.88 Å². The third kappa shape index (κ3) is 7.93. The number of aromatic nitrogens is 1. The van der Waals surface area contributed by atoms with Crippen LogP contribution in [0.4, 0.5) is 0 Å². The van der Waals surface area contributed by atoms with Gasteiger partial charge in [0.1, 0.15) is 12.4 Å². The van der Waals surface area contributed by atoms with Gasteiger partial charge in [0.25, 0.3) is 0 Å². The van der Waals surface area contributed by atoms with Crippen LogP contribution in [0.25, 0.3) is 5.57 Å². The number of piperazine rings is 1. The fourth-order valence-corrected chi connectivity index (χ4v) is 5.66. The van der Waals surface area contributed by atoms with Gasteiger partial charge in [-0.1, -0.05) is 65.1 Å². The number of benzene rings is 3. The van der Waals surface area contributed by atoms with Crippen molar-refractivity contribution >= 4 is 46.3 Å².